The van der Waals surface area contributed by atoms with Gasteiger partial charge in [0.25, 0.3) is 0 Å². The van der Waals surface area contributed by atoms with Crippen LogP contribution in [-0.2, 0) is 9.53 Å². The highest BCUT2D eigenvalue weighted by atomic mass is 16.5. The van der Waals surface area contributed by atoms with Crippen molar-refractivity contribution < 1.29 is 14.3 Å². The monoisotopic (exact) mass is 221 g/mol. The molecule has 1 aliphatic rings. The molecule has 16 heavy (non-hydrogen) atoms. The number of rotatable bonds is 3. The number of carbonyl (C=O) groups excluding carboxylic acids is 1. The summed E-state index contributed by atoms with van der Waals surface area (Å²) >= 11 is 0. The van der Waals surface area contributed by atoms with E-state index in [9.17, 15) is 4.79 Å². The van der Waals surface area contributed by atoms with Crippen LogP contribution in [0.25, 0.3) is 0 Å². The van der Waals surface area contributed by atoms with Gasteiger partial charge in [0, 0.05) is 0 Å². The van der Waals surface area contributed by atoms with Crippen molar-refractivity contribution in [3.63, 3.8) is 0 Å². The Kier molecular flexibility index (Phi) is 3.29. The zero-order chi connectivity index (χ0) is 11.4. The SMILES string of the molecule is CCOC(=O)CN1CCOc2ccccc21. The maximum atomic E-state index is 11.4. The molecule has 1 aromatic carbocycles. The van der Waals surface area contributed by atoms with E-state index in [1.54, 1.807) is 0 Å². The van der Waals surface area contributed by atoms with Crippen molar-refractivity contribution in [3.8, 4) is 5.75 Å². The summed E-state index contributed by atoms with van der Waals surface area (Å²) in [5, 5.41) is 0. The maximum Gasteiger partial charge on any atom is 0.325 e. The minimum Gasteiger partial charge on any atom is -0.490 e. The highest BCUT2D eigenvalue weighted by Gasteiger charge is 2.19. The van der Waals surface area contributed by atoms with E-state index in [2.05, 4.69) is 0 Å². The van der Waals surface area contributed by atoms with E-state index in [1.165, 1.54) is 0 Å². The molecule has 0 unspecified atom stereocenters. The molecule has 1 aliphatic heterocycles. The van der Waals surface area contributed by atoms with Crippen LogP contribution in [0.1, 0.15) is 6.92 Å². The number of fused-ring (bicyclic) bond motifs is 1. The minimum absolute atomic E-state index is 0.195. The van der Waals surface area contributed by atoms with E-state index in [4.69, 9.17) is 9.47 Å². The molecule has 0 saturated heterocycles. The summed E-state index contributed by atoms with van der Waals surface area (Å²) in [5.74, 6) is 0.636. The Morgan fingerprint density at radius 3 is 3.12 bits per heavy atom. The van der Waals surface area contributed by atoms with Crippen LogP contribution in [0.5, 0.6) is 5.75 Å². The molecule has 2 rings (SSSR count). The van der Waals surface area contributed by atoms with Gasteiger partial charge in [0.1, 0.15) is 18.9 Å². The van der Waals surface area contributed by atoms with Gasteiger partial charge in [-0.15, -0.1) is 0 Å². The van der Waals surface area contributed by atoms with Crippen molar-refractivity contribution in [2.45, 2.75) is 6.92 Å². The summed E-state index contributed by atoms with van der Waals surface area (Å²) < 4.78 is 10.4. The molecule has 0 fully saturated rings. The van der Waals surface area contributed by atoms with Crippen LogP contribution in [0, 0.1) is 0 Å². The Balaban J connectivity index is 2.10. The first-order chi connectivity index (χ1) is 7.81. The second-order valence-corrected chi connectivity index (χ2v) is 3.54. The molecule has 1 aromatic rings. The summed E-state index contributed by atoms with van der Waals surface area (Å²) in [5.41, 5.74) is 0.960. The number of nitrogens with zero attached hydrogens (tertiary/aromatic N) is 1. The summed E-state index contributed by atoms with van der Waals surface area (Å²) in [6, 6.07) is 7.72. The zero-order valence-electron chi connectivity index (χ0n) is 9.31. The van der Waals surface area contributed by atoms with E-state index >= 15 is 0 Å². The lowest BCUT2D eigenvalue weighted by molar-refractivity contribution is -0.141. The lowest BCUT2D eigenvalue weighted by Crippen LogP contribution is -2.37. The zero-order valence-corrected chi connectivity index (χ0v) is 9.31. The number of hydrogen-bond acceptors (Lipinski definition) is 4. The van der Waals surface area contributed by atoms with Crippen LogP contribution >= 0.6 is 0 Å². The van der Waals surface area contributed by atoms with Crippen LogP contribution in [0.2, 0.25) is 0 Å². The summed E-state index contributed by atoms with van der Waals surface area (Å²) in [6.07, 6.45) is 0. The molecule has 0 radical (unpaired) electrons. The van der Waals surface area contributed by atoms with Gasteiger partial charge in [-0.3, -0.25) is 4.79 Å². The molecule has 0 bridgehead atoms. The molecular weight excluding hydrogens is 206 g/mol. The molecular formula is C12H15NO3. The average Bonchev–Trinajstić information content (AvgIpc) is 2.30. The second kappa shape index (κ2) is 4.88. The molecule has 4 nitrogen and oxygen atoms in total. The molecule has 0 aliphatic carbocycles. The topological polar surface area (TPSA) is 38.8 Å². The predicted molar refractivity (Wildman–Crippen MR) is 60.8 cm³/mol. The molecule has 1 heterocycles. The first kappa shape index (κ1) is 10.8. The molecule has 0 amide bonds. The highest BCUT2D eigenvalue weighted by Crippen LogP contribution is 2.30. The van der Waals surface area contributed by atoms with Gasteiger partial charge in [-0.1, -0.05) is 12.1 Å². The summed E-state index contributed by atoms with van der Waals surface area (Å²) in [4.78, 5) is 13.4. The number of carbonyl (C=O) groups is 1. The van der Waals surface area contributed by atoms with Crippen LogP contribution < -0.4 is 9.64 Å². The van der Waals surface area contributed by atoms with Crippen molar-refractivity contribution in [3.05, 3.63) is 24.3 Å². The first-order valence-corrected chi connectivity index (χ1v) is 5.43. The largest absolute Gasteiger partial charge is 0.490 e. The number of ether oxygens (including phenoxy) is 2. The Morgan fingerprint density at radius 1 is 1.50 bits per heavy atom. The fourth-order valence-electron chi connectivity index (χ4n) is 1.75. The fraction of sp³-hybridized carbons (Fsp3) is 0.417. The molecule has 0 spiro atoms. The van der Waals surface area contributed by atoms with Crippen molar-refractivity contribution >= 4 is 11.7 Å². The number of para-hydroxylation sites is 2. The first-order valence-electron chi connectivity index (χ1n) is 5.43. The van der Waals surface area contributed by atoms with Gasteiger partial charge in [-0.25, -0.2) is 0 Å². The van der Waals surface area contributed by atoms with Gasteiger partial charge in [-0.05, 0) is 19.1 Å². The Bertz CT molecular complexity index is 378. The Hall–Kier alpha value is -1.71. The Morgan fingerprint density at radius 2 is 2.31 bits per heavy atom. The number of anilines is 1. The van der Waals surface area contributed by atoms with Gasteiger partial charge < -0.3 is 14.4 Å². The molecule has 0 atom stereocenters. The van der Waals surface area contributed by atoms with E-state index in [-0.39, 0.29) is 12.5 Å². The summed E-state index contributed by atoms with van der Waals surface area (Å²) in [6.45, 7) is 3.84. The predicted octanol–water partition coefficient (Wildman–Crippen LogP) is 1.45. The van der Waals surface area contributed by atoms with Crippen LogP contribution in [0.15, 0.2) is 24.3 Å². The highest BCUT2D eigenvalue weighted by molar-refractivity contribution is 5.77. The van der Waals surface area contributed by atoms with Gasteiger partial charge in [-0.2, -0.15) is 0 Å². The quantitative estimate of drug-likeness (QED) is 0.724. The number of benzene rings is 1. The fourth-order valence-corrected chi connectivity index (χ4v) is 1.75. The van der Waals surface area contributed by atoms with Crippen molar-refractivity contribution in [1.29, 1.82) is 0 Å². The number of esters is 1. The molecule has 0 saturated carbocycles. The molecule has 4 heteroatoms. The van der Waals surface area contributed by atoms with E-state index in [0.29, 0.717) is 13.2 Å². The smallest absolute Gasteiger partial charge is 0.325 e. The van der Waals surface area contributed by atoms with Gasteiger partial charge in [0.2, 0.25) is 0 Å². The second-order valence-electron chi connectivity index (χ2n) is 3.54. The van der Waals surface area contributed by atoms with E-state index in [1.807, 2.05) is 36.1 Å². The maximum absolute atomic E-state index is 11.4. The van der Waals surface area contributed by atoms with Gasteiger partial charge >= 0.3 is 5.97 Å². The standard InChI is InChI=1S/C12H15NO3/c1-2-15-12(14)9-13-7-8-16-11-6-4-3-5-10(11)13/h3-6H,2,7-9H2,1H3. The normalized spacial score (nSPS) is 13.9. The van der Waals surface area contributed by atoms with Crippen molar-refractivity contribution in [2.24, 2.45) is 0 Å². The third kappa shape index (κ3) is 2.27. The van der Waals surface area contributed by atoms with Gasteiger partial charge in [0.15, 0.2) is 0 Å². The minimum atomic E-state index is -0.195. The number of hydrogen-bond donors (Lipinski definition) is 0. The third-order valence-corrected chi connectivity index (χ3v) is 2.45. The third-order valence-electron chi connectivity index (χ3n) is 2.45. The molecule has 0 N–H and O–H groups in total. The lowest BCUT2D eigenvalue weighted by atomic mass is 10.2. The summed E-state index contributed by atoms with van der Waals surface area (Å²) in [7, 11) is 0. The van der Waals surface area contributed by atoms with Crippen molar-refractivity contribution in [2.75, 3.05) is 31.2 Å². The molecule has 86 valence electrons. The Labute approximate surface area is 94.8 Å². The average molecular weight is 221 g/mol. The van der Waals surface area contributed by atoms with Crippen LogP contribution in [0.3, 0.4) is 0 Å². The van der Waals surface area contributed by atoms with Crippen LogP contribution in [-0.4, -0.2) is 32.3 Å². The van der Waals surface area contributed by atoms with E-state index < -0.39 is 0 Å². The van der Waals surface area contributed by atoms with E-state index in [0.717, 1.165) is 18.0 Å². The molecule has 0 aromatic heterocycles. The van der Waals surface area contributed by atoms with Crippen molar-refractivity contribution in [1.82, 2.24) is 0 Å². The van der Waals surface area contributed by atoms with Gasteiger partial charge in [0.05, 0.1) is 18.8 Å². The lowest BCUT2D eigenvalue weighted by Gasteiger charge is -2.30. The van der Waals surface area contributed by atoms with Crippen LogP contribution in [0.4, 0.5) is 5.69 Å².